The molecule has 0 N–H and O–H groups in total. The van der Waals surface area contributed by atoms with E-state index in [1.165, 1.54) is 30.7 Å². The van der Waals surface area contributed by atoms with Crippen molar-refractivity contribution in [3.8, 4) is 11.6 Å². The second-order valence-electron chi connectivity index (χ2n) is 7.52. The number of aryl methyl sites for hydroxylation is 1. The minimum absolute atomic E-state index is 0.0659. The number of anilines is 1. The Kier molecular flexibility index (Phi) is 5.18. The molecular formula is C21H24N6O3S. The van der Waals surface area contributed by atoms with Crippen LogP contribution in [-0.2, 0) is 17.1 Å². The van der Waals surface area contributed by atoms with Gasteiger partial charge in [-0.15, -0.1) is 0 Å². The summed E-state index contributed by atoms with van der Waals surface area (Å²) in [5, 5.41) is 9.37. The second-order valence-corrected chi connectivity index (χ2v) is 9.49. The van der Waals surface area contributed by atoms with Crippen LogP contribution in [0.3, 0.4) is 0 Å². The van der Waals surface area contributed by atoms with Gasteiger partial charge in [-0.3, -0.25) is 8.99 Å². The lowest BCUT2D eigenvalue weighted by molar-refractivity contribution is 0.416. The molecule has 0 saturated carbocycles. The molecule has 31 heavy (non-hydrogen) atoms. The van der Waals surface area contributed by atoms with Gasteiger partial charge in [-0.2, -0.15) is 10.2 Å². The van der Waals surface area contributed by atoms with Gasteiger partial charge in [-0.05, 0) is 35.7 Å². The van der Waals surface area contributed by atoms with E-state index in [1.54, 1.807) is 40.9 Å². The van der Waals surface area contributed by atoms with Crippen molar-refractivity contribution in [3.05, 3.63) is 54.6 Å². The van der Waals surface area contributed by atoms with Crippen LogP contribution in [0.4, 0.5) is 5.69 Å². The molecular weight excluding hydrogens is 416 g/mol. The molecule has 0 amide bonds. The number of sulfonamides is 1. The van der Waals surface area contributed by atoms with Crippen molar-refractivity contribution in [3.63, 3.8) is 0 Å². The predicted molar refractivity (Wildman–Crippen MR) is 118 cm³/mol. The number of aromatic nitrogens is 5. The Bertz CT molecular complexity index is 1340. The van der Waals surface area contributed by atoms with Gasteiger partial charge in [0.25, 0.3) is 10.0 Å². The van der Waals surface area contributed by atoms with Gasteiger partial charge in [0.2, 0.25) is 0 Å². The van der Waals surface area contributed by atoms with Crippen molar-refractivity contribution >= 4 is 26.6 Å². The van der Waals surface area contributed by atoms with E-state index in [1.807, 2.05) is 12.3 Å². The van der Waals surface area contributed by atoms with Crippen LogP contribution in [0.2, 0.25) is 0 Å². The fraction of sp³-hybridized carbons (Fsp3) is 0.286. The Morgan fingerprint density at radius 2 is 1.84 bits per heavy atom. The summed E-state index contributed by atoms with van der Waals surface area (Å²) in [6.45, 7) is 4.16. The third-order valence-corrected chi connectivity index (χ3v) is 7.00. The lowest BCUT2D eigenvalue weighted by Gasteiger charge is -2.23. The third-order valence-electron chi connectivity index (χ3n) is 5.26. The molecule has 0 aliphatic rings. The van der Waals surface area contributed by atoms with Gasteiger partial charge >= 0.3 is 0 Å². The molecule has 0 atom stereocenters. The van der Waals surface area contributed by atoms with Gasteiger partial charge in [0, 0.05) is 31.9 Å². The highest BCUT2D eigenvalue weighted by Gasteiger charge is 2.27. The Morgan fingerprint density at radius 1 is 1.06 bits per heavy atom. The van der Waals surface area contributed by atoms with Crippen LogP contribution in [0, 0.1) is 0 Å². The lowest BCUT2D eigenvalue weighted by Crippen LogP contribution is -2.27. The molecule has 0 unspecified atom stereocenters. The topological polar surface area (TPSA) is 95.1 Å². The van der Waals surface area contributed by atoms with E-state index < -0.39 is 10.0 Å². The van der Waals surface area contributed by atoms with Gasteiger partial charge in [0.15, 0.2) is 5.82 Å². The summed E-state index contributed by atoms with van der Waals surface area (Å²) in [4.78, 5) is 4.39. The largest absolute Gasteiger partial charge is 0.494 e. The van der Waals surface area contributed by atoms with Crippen LogP contribution >= 0.6 is 0 Å². The van der Waals surface area contributed by atoms with Crippen LogP contribution in [0.25, 0.3) is 16.7 Å². The van der Waals surface area contributed by atoms with Crippen molar-refractivity contribution in [2.45, 2.75) is 24.7 Å². The molecule has 0 aliphatic carbocycles. The summed E-state index contributed by atoms with van der Waals surface area (Å²) in [6, 6.07) is 6.74. The molecule has 3 aromatic heterocycles. The SMILES string of the molecule is COc1ccc2cnn(C)c2c1N(C)S(=O)(=O)c1ccc(-n2cc(C(C)C)cn2)nc1. The second kappa shape index (κ2) is 7.69. The number of fused-ring (bicyclic) bond motifs is 1. The molecule has 162 valence electrons. The Morgan fingerprint density at radius 3 is 2.45 bits per heavy atom. The van der Waals surface area contributed by atoms with Crippen LogP contribution in [-0.4, -0.2) is 47.1 Å². The van der Waals surface area contributed by atoms with Crippen molar-refractivity contribution in [2.75, 3.05) is 18.5 Å². The highest BCUT2D eigenvalue weighted by atomic mass is 32.2. The van der Waals surface area contributed by atoms with Crippen LogP contribution < -0.4 is 9.04 Å². The number of hydrogen-bond acceptors (Lipinski definition) is 6. The zero-order valence-corrected chi connectivity index (χ0v) is 18.8. The van der Waals surface area contributed by atoms with E-state index >= 15 is 0 Å². The highest BCUT2D eigenvalue weighted by Crippen LogP contribution is 2.38. The van der Waals surface area contributed by atoms with Gasteiger partial charge in [-0.25, -0.2) is 18.1 Å². The van der Waals surface area contributed by atoms with E-state index in [0.717, 1.165) is 10.9 Å². The number of benzene rings is 1. The molecule has 3 heterocycles. The fourth-order valence-electron chi connectivity index (χ4n) is 3.40. The maximum atomic E-state index is 13.4. The molecule has 0 fully saturated rings. The standard InChI is InChI=1S/C21H24N6O3S/c1-14(2)16-11-24-27(13-16)19-9-7-17(12-22-19)31(28,29)26(4)21-18(30-5)8-6-15-10-23-25(3)20(15)21/h6-14H,1-5H3. The monoisotopic (exact) mass is 440 g/mol. The molecule has 0 radical (unpaired) electrons. The number of hydrogen-bond donors (Lipinski definition) is 0. The number of ether oxygens (including phenoxy) is 1. The van der Waals surface area contributed by atoms with Crippen LogP contribution in [0.5, 0.6) is 5.75 Å². The zero-order valence-electron chi connectivity index (χ0n) is 18.0. The minimum Gasteiger partial charge on any atom is -0.494 e. The molecule has 9 nitrogen and oxygen atoms in total. The first-order chi connectivity index (χ1) is 14.7. The molecule has 4 rings (SSSR count). The number of methoxy groups -OCH3 is 1. The minimum atomic E-state index is -3.90. The fourth-order valence-corrected chi connectivity index (χ4v) is 4.55. The average molecular weight is 441 g/mol. The van der Waals surface area contributed by atoms with E-state index in [0.29, 0.717) is 28.7 Å². The van der Waals surface area contributed by atoms with Crippen LogP contribution in [0.1, 0.15) is 25.3 Å². The first kappa shape index (κ1) is 20.9. The first-order valence-electron chi connectivity index (χ1n) is 9.72. The van der Waals surface area contributed by atoms with E-state index in [4.69, 9.17) is 4.74 Å². The number of nitrogens with zero attached hydrogens (tertiary/aromatic N) is 6. The van der Waals surface area contributed by atoms with Gasteiger partial charge in [0.05, 0.1) is 25.0 Å². The molecule has 0 bridgehead atoms. The first-order valence-corrected chi connectivity index (χ1v) is 11.2. The Labute approximate surface area is 180 Å². The van der Waals surface area contributed by atoms with Crippen molar-refractivity contribution in [1.29, 1.82) is 0 Å². The predicted octanol–water partition coefficient (Wildman–Crippen LogP) is 3.11. The Balaban J connectivity index is 1.73. The van der Waals surface area contributed by atoms with Crippen molar-refractivity contribution in [1.82, 2.24) is 24.5 Å². The van der Waals surface area contributed by atoms with Gasteiger partial charge in [-0.1, -0.05) is 13.8 Å². The zero-order chi connectivity index (χ0) is 22.3. The molecule has 1 aromatic carbocycles. The van der Waals surface area contributed by atoms with Crippen LogP contribution in [0.15, 0.2) is 53.9 Å². The summed E-state index contributed by atoms with van der Waals surface area (Å²) >= 11 is 0. The molecule has 0 aliphatic heterocycles. The maximum Gasteiger partial charge on any atom is 0.265 e. The summed E-state index contributed by atoms with van der Waals surface area (Å²) in [5.74, 6) is 1.32. The molecule has 4 aromatic rings. The highest BCUT2D eigenvalue weighted by molar-refractivity contribution is 7.92. The molecule has 0 saturated heterocycles. The van der Waals surface area contributed by atoms with E-state index in [2.05, 4.69) is 29.0 Å². The van der Waals surface area contributed by atoms with Gasteiger partial charge in [0.1, 0.15) is 16.3 Å². The van der Waals surface area contributed by atoms with Gasteiger partial charge < -0.3 is 4.74 Å². The summed E-state index contributed by atoms with van der Waals surface area (Å²) < 4.78 is 36.7. The van der Waals surface area contributed by atoms with E-state index in [9.17, 15) is 8.42 Å². The Hall–Kier alpha value is -3.40. The molecule has 10 heteroatoms. The average Bonchev–Trinajstić information content (AvgIpc) is 3.40. The van der Waals surface area contributed by atoms with E-state index in [-0.39, 0.29) is 4.90 Å². The summed E-state index contributed by atoms with van der Waals surface area (Å²) in [5.41, 5.74) is 2.15. The summed E-state index contributed by atoms with van der Waals surface area (Å²) in [7, 11) is 0.867. The number of pyridine rings is 1. The normalized spacial score (nSPS) is 11.9. The quantitative estimate of drug-likeness (QED) is 0.457. The lowest BCUT2D eigenvalue weighted by atomic mass is 10.1. The summed E-state index contributed by atoms with van der Waals surface area (Å²) in [6.07, 6.45) is 6.70. The van der Waals surface area contributed by atoms with Crippen molar-refractivity contribution in [2.24, 2.45) is 7.05 Å². The molecule has 0 spiro atoms. The smallest absolute Gasteiger partial charge is 0.265 e. The number of rotatable bonds is 6. The maximum absolute atomic E-state index is 13.4. The third kappa shape index (κ3) is 3.52. The van der Waals surface area contributed by atoms with Crippen molar-refractivity contribution < 1.29 is 13.2 Å².